The number of aliphatic hydroxyl groups is 2. The van der Waals surface area contributed by atoms with Crippen molar-refractivity contribution in [3.8, 4) is 0 Å². The van der Waals surface area contributed by atoms with E-state index in [2.05, 4.69) is 10.1 Å². The molecule has 0 aromatic rings. The zero-order valence-corrected chi connectivity index (χ0v) is 11.6. The van der Waals surface area contributed by atoms with E-state index in [1.54, 1.807) is 0 Å². The Morgan fingerprint density at radius 2 is 2.14 bits per heavy atom. The van der Waals surface area contributed by atoms with Gasteiger partial charge in [-0.2, -0.15) is 0 Å². The second-order valence-electron chi connectivity index (χ2n) is 5.37. The molecule has 0 aromatic heterocycles. The van der Waals surface area contributed by atoms with Crippen LogP contribution in [-0.4, -0.2) is 86.1 Å². The third-order valence-electron chi connectivity index (χ3n) is 4.16. The molecule has 9 nitrogen and oxygen atoms in total. The van der Waals surface area contributed by atoms with Gasteiger partial charge >= 0.3 is 6.09 Å². The molecule has 1 amide bonds. The van der Waals surface area contributed by atoms with Gasteiger partial charge in [0.05, 0.1) is 40.1 Å². The molecule has 3 aliphatic heterocycles. The molecule has 120 valence electrons. The Kier molecular flexibility index (Phi) is 3.80. The van der Waals surface area contributed by atoms with Gasteiger partial charge in [0.25, 0.3) is 0 Å². The van der Waals surface area contributed by atoms with Gasteiger partial charge in [0.1, 0.15) is 18.3 Å². The minimum absolute atomic E-state index is 0.0484. The SMILES string of the molecule is COC(=O)NC1([C@@]2(O)CO[C@@H]3[C@H](O)CO[C@@H]32)COCCO1. The van der Waals surface area contributed by atoms with Gasteiger partial charge in [-0.15, -0.1) is 0 Å². The van der Waals surface area contributed by atoms with Crippen LogP contribution in [0.4, 0.5) is 4.79 Å². The number of rotatable bonds is 2. The number of amides is 1. The number of ether oxygens (including phenoxy) is 5. The van der Waals surface area contributed by atoms with E-state index >= 15 is 0 Å². The summed E-state index contributed by atoms with van der Waals surface area (Å²) in [5.74, 6) is 0. The van der Waals surface area contributed by atoms with Gasteiger partial charge in [-0.25, -0.2) is 4.79 Å². The van der Waals surface area contributed by atoms with Crippen LogP contribution in [0.5, 0.6) is 0 Å². The Bertz CT molecular complexity index is 412. The summed E-state index contributed by atoms with van der Waals surface area (Å²) >= 11 is 0. The van der Waals surface area contributed by atoms with Crippen molar-refractivity contribution in [2.75, 3.05) is 40.1 Å². The number of alkyl carbamates (subject to hydrolysis) is 1. The highest BCUT2D eigenvalue weighted by molar-refractivity contribution is 5.68. The molecule has 3 fully saturated rings. The van der Waals surface area contributed by atoms with Crippen LogP contribution in [0.15, 0.2) is 0 Å². The first-order valence-corrected chi connectivity index (χ1v) is 6.74. The largest absolute Gasteiger partial charge is 0.453 e. The molecule has 3 heterocycles. The van der Waals surface area contributed by atoms with E-state index in [1.807, 2.05) is 0 Å². The normalized spacial score (nSPS) is 46.1. The Hall–Kier alpha value is -0.970. The van der Waals surface area contributed by atoms with Crippen molar-refractivity contribution in [3.05, 3.63) is 0 Å². The third kappa shape index (κ3) is 2.20. The summed E-state index contributed by atoms with van der Waals surface area (Å²) in [5, 5.41) is 23.4. The van der Waals surface area contributed by atoms with E-state index in [1.165, 1.54) is 7.11 Å². The summed E-state index contributed by atoms with van der Waals surface area (Å²) in [7, 11) is 1.21. The fraction of sp³-hybridized carbons (Fsp3) is 0.917. The fourth-order valence-electron chi connectivity index (χ4n) is 3.03. The summed E-state index contributed by atoms with van der Waals surface area (Å²) in [6, 6.07) is 0. The van der Waals surface area contributed by atoms with E-state index in [0.29, 0.717) is 6.61 Å². The van der Waals surface area contributed by atoms with Crippen LogP contribution >= 0.6 is 0 Å². The molecule has 0 aromatic carbocycles. The van der Waals surface area contributed by atoms with E-state index in [-0.39, 0.29) is 26.4 Å². The number of aliphatic hydroxyl groups excluding tert-OH is 1. The molecule has 5 atom stereocenters. The van der Waals surface area contributed by atoms with E-state index in [0.717, 1.165) is 0 Å². The summed E-state index contributed by atoms with van der Waals surface area (Å²) in [6.07, 6.45) is -3.09. The molecule has 0 spiro atoms. The van der Waals surface area contributed by atoms with Crippen molar-refractivity contribution in [1.29, 1.82) is 0 Å². The lowest BCUT2D eigenvalue weighted by atomic mass is 9.84. The van der Waals surface area contributed by atoms with Crippen molar-refractivity contribution < 1.29 is 38.7 Å². The van der Waals surface area contributed by atoms with Gasteiger partial charge in [-0.1, -0.05) is 0 Å². The maximum absolute atomic E-state index is 11.6. The minimum atomic E-state index is -1.69. The second kappa shape index (κ2) is 5.34. The summed E-state index contributed by atoms with van der Waals surface area (Å²) in [5.41, 5.74) is -3.24. The minimum Gasteiger partial charge on any atom is -0.453 e. The molecule has 1 unspecified atom stereocenters. The molecule has 21 heavy (non-hydrogen) atoms. The van der Waals surface area contributed by atoms with Crippen molar-refractivity contribution in [1.82, 2.24) is 5.32 Å². The van der Waals surface area contributed by atoms with Gasteiger partial charge in [0, 0.05) is 0 Å². The first-order valence-electron chi connectivity index (χ1n) is 6.74. The molecular weight excluding hydrogens is 286 g/mol. The Morgan fingerprint density at radius 3 is 2.81 bits per heavy atom. The first-order chi connectivity index (χ1) is 10.0. The zero-order chi connectivity index (χ0) is 15.1. The Labute approximate surface area is 121 Å². The first kappa shape index (κ1) is 14.9. The quantitative estimate of drug-likeness (QED) is 0.535. The molecule has 3 aliphatic rings. The highest BCUT2D eigenvalue weighted by Crippen LogP contribution is 2.42. The molecule has 3 N–H and O–H groups in total. The highest BCUT2D eigenvalue weighted by Gasteiger charge is 2.67. The second-order valence-corrected chi connectivity index (χ2v) is 5.37. The molecule has 0 radical (unpaired) electrons. The Balaban J connectivity index is 1.90. The van der Waals surface area contributed by atoms with Crippen LogP contribution in [-0.2, 0) is 23.7 Å². The lowest BCUT2D eigenvalue weighted by Crippen LogP contribution is -2.74. The van der Waals surface area contributed by atoms with E-state index in [4.69, 9.17) is 18.9 Å². The maximum atomic E-state index is 11.6. The smallest absolute Gasteiger partial charge is 0.409 e. The van der Waals surface area contributed by atoms with Crippen LogP contribution in [0.2, 0.25) is 0 Å². The van der Waals surface area contributed by atoms with Crippen LogP contribution in [0.3, 0.4) is 0 Å². The number of nitrogens with one attached hydrogen (secondary N) is 1. The van der Waals surface area contributed by atoms with Crippen LogP contribution in [0, 0.1) is 0 Å². The number of methoxy groups -OCH3 is 1. The van der Waals surface area contributed by atoms with Gasteiger partial charge in [0.15, 0.2) is 5.60 Å². The summed E-state index contributed by atoms with van der Waals surface area (Å²) in [6.45, 7) is 0.343. The average molecular weight is 305 g/mol. The number of hydrogen-bond donors (Lipinski definition) is 3. The predicted octanol–water partition coefficient (Wildman–Crippen LogP) is -2.02. The Morgan fingerprint density at radius 1 is 1.33 bits per heavy atom. The number of carbonyl (C=O) groups is 1. The fourth-order valence-corrected chi connectivity index (χ4v) is 3.03. The summed E-state index contributed by atoms with van der Waals surface area (Å²) < 4.78 is 26.5. The van der Waals surface area contributed by atoms with Crippen molar-refractivity contribution >= 4 is 6.09 Å². The lowest BCUT2D eigenvalue weighted by molar-refractivity contribution is -0.272. The van der Waals surface area contributed by atoms with E-state index < -0.39 is 35.7 Å². The molecule has 0 bridgehead atoms. The van der Waals surface area contributed by atoms with Crippen LogP contribution < -0.4 is 5.32 Å². The third-order valence-corrected chi connectivity index (χ3v) is 4.16. The maximum Gasteiger partial charge on any atom is 0.409 e. The van der Waals surface area contributed by atoms with E-state index in [9.17, 15) is 15.0 Å². The number of hydrogen-bond acceptors (Lipinski definition) is 8. The standard InChI is InChI=1S/C12H19NO8/c1-17-10(15)13-12(6-18-2-3-21-12)11(16)5-20-8-7(14)4-19-9(8)11/h7-9,14,16H,2-6H2,1H3,(H,13,15)/t7-,8-,9+,11-,12?/m1/s1. The van der Waals surface area contributed by atoms with Crippen LogP contribution in [0.1, 0.15) is 0 Å². The van der Waals surface area contributed by atoms with Crippen molar-refractivity contribution in [2.24, 2.45) is 0 Å². The number of carbonyl (C=O) groups excluding carboxylic acids is 1. The topological polar surface area (TPSA) is 116 Å². The van der Waals surface area contributed by atoms with Gasteiger partial charge in [-0.3, -0.25) is 5.32 Å². The molecular formula is C12H19NO8. The molecule has 3 saturated heterocycles. The van der Waals surface area contributed by atoms with Gasteiger partial charge in [-0.05, 0) is 0 Å². The summed E-state index contributed by atoms with van der Waals surface area (Å²) in [4.78, 5) is 11.6. The van der Waals surface area contributed by atoms with Crippen molar-refractivity contribution in [3.63, 3.8) is 0 Å². The molecule has 9 heteroatoms. The number of fused-ring (bicyclic) bond motifs is 1. The monoisotopic (exact) mass is 305 g/mol. The molecule has 0 aliphatic carbocycles. The highest BCUT2D eigenvalue weighted by atomic mass is 16.6. The molecule has 3 rings (SSSR count). The van der Waals surface area contributed by atoms with Gasteiger partial charge in [0.2, 0.25) is 5.72 Å². The van der Waals surface area contributed by atoms with Crippen LogP contribution in [0.25, 0.3) is 0 Å². The lowest BCUT2D eigenvalue weighted by Gasteiger charge is -2.47. The zero-order valence-electron chi connectivity index (χ0n) is 11.6. The van der Waals surface area contributed by atoms with Gasteiger partial charge < -0.3 is 33.9 Å². The predicted molar refractivity (Wildman–Crippen MR) is 65.5 cm³/mol. The molecule has 0 saturated carbocycles. The van der Waals surface area contributed by atoms with Crippen molar-refractivity contribution in [2.45, 2.75) is 29.6 Å². The average Bonchev–Trinajstić information content (AvgIpc) is 3.03.